The van der Waals surface area contributed by atoms with Gasteiger partial charge in [-0.1, -0.05) is 42.5 Å². The number of para-hydroxylation sites is 1. The molecule has 0 spiro atoms. The molecule has 6 heteroatoms. The third-order valence-corrected chi connectivity index (χ3v) is 5.26. The molecule has 2 aromatic carbocycles. The fourth-order valence-corrected chi connectivity index (χ4v) is 3.75. The van der Waals surface area contributed by atoms with Crippen LogP contribution in [0.15, 0.2) is 78.0 Å². The molecule has 1 aliphatic heterocycles. The van der Waals surface area contributed by atoms with Crippen molar-refractivity contribution in [2.24, 2.45) is 4.99 Å². The number of rotatable bonds is 5. The van der Waals surface area contributed by atoms with Crippen molar-refractivity contribution < 1.29 is 0 Å². The highest BCUT2D eigenvalue weighted by atomic mass is 15.3. The van der Waals surface area contributed by atoms with E-state index in [1.54, 1.807) is 0 Å². The molecule has 0 saturated carbocycles. The Kier molecular flexibility index (Phi) is 6.10. The summed E-state index contributed by atoms with van der Waals surface area (Å²) in [4.78, 5) is 9.28. The van der Waals surface area contributed by atoms with Crippen molar-refractivity contribution in [3.8, 4) is 0 Å². The van der Waals surface area contributed by atoms with Crippen molar-refractivity contribution in [1.82, 2.24) is 20.0 Å². The van der Waals surface area contributed by atoms with E-state index in [9.17, 15) is 0 Å². The zero-order chi connectivity index (χ0) is 19.9. The summed E-state index contributed by atoms with van der Waals surface area (Å²) in [7, 11) is 1.86. The largest absolute Gasteiger partial charge is 0.368 e. The van der Waals surface area contributed by atoms with Gasteiger partial charge in [-0.3, -0.25) is 9.67 Å². The number of hydrogen-bond donors (Lipinski definition) is 1. The summed E-state index contributed by atoms with van der Waals surface area (Å²) in [5.74, 6) is 0.968. The third-order valence-electron chi connectivity index (χ3n) is 5.26. The molecular weight excluding hydrogens is 360 g/mol. The maximum Gasteiger partial charge on any atom is 0.194 e. The highest BCUT2D eigenvalue weighted by Crippen LogP contribution is 2.15. The number of nitrogens with zero attached hydrogens (tertiary/aromatic N) is 5. The van der Waals surface area contributed by atoms with Crippen LogP contribution in [0.25, 0.3) is 0 Å². The van der Waals surface area contributed by atoms with Gasteiger partial charge in [-0.2, -0.15) is 5.10 Å². The van der Waals surface area contributed by atoms with E-state index >= 15 is 0 Å². The van der Waals surface area contributed by atoms with Crippen LogP contribution >= 0.6 is 0 Å². The SMILES string of the molecule is CN=C(NCc1cccc(Cn2cccn2)c1)N1CCN(c2ccccc2)CC1. The van der Waals surface area contributed by atoms with Gasteiger partial charge in [0.2, 0.25) is 0 Å². The lowest BCUT2D eigenvalue weighted by Gasteiger charge is -2.37. The number of hydrogen-bond acceptors (Lipinski definition) is 3. The van der Waals surface area contributed by atoms with Gasteiger partial charge in [0.25, 0.3) is 0 Å². The molecule has 0 radical (unpaired) electrons. The Morgan fingerprint density at radius 3 is 2.48 bits per heavy atom. The first-order chi connectivity index (χ1) is 14.3. The van der Waals surface area contributed by atoms with E-state index in [2.05, 4.69) is 79.8 Å². The number of guanidine groups is 1. The zero-order valence-electron chi connectivity index (χ0n) is 16.9. The normalized spacial score (nSPS) is 14.9. The number of benzene rings is 2. The zero-order valence-corrected chi connectivity index (χ0v) is 16.9. The van der Waals surface area contributed by atoms with Crippen molar-refractivity contribution in [3.05, 3.63) is 84.2 Å². The Morgan fingerprint density at radius 1 is 0.966 bits per heavy atom. The molecule has 1 fully saturated rings. The Labute approximate surface area is 172 Å². The predicted octanol–water partition coefficient (Wildman–Crippen LogP) is 2.83. The molecule has 4 rings (SSSR count). The van der Waals surface area contributed by atoms with Crippen molar-refractivity contribution in [1.29, 1.82) is 0 Å². The van der Waals surface area contributed by atoms with Gasteiger partial charge in [-0.05, 0) is 29.3 Å². The molecular formula is C23H28N6. The van der Waals surface area contributed by atoms with E-state index in [1.807, 2.05) is 30.2 Å². The van der Waals surface area contributed by atoms with Crippen LogP contribution in [-0.2, 0) is 13.1 Å². The fraction of sp³-hybridized carbons (Fsp3) is 0.304. The molecule has 1 aromatic heterocycles. The van der Waals surface area contributed by atoms with Gasteiger partial charge < -0.3 is 15.1 Å². The molecule has 0 amide bonds. The van der Waals surface area contributed by atoms with Crippen molar-refractivity contribution >= 4 is 11.6 Å². The maximum absolute atomic E-state index is 4.51. The van der Waals surface area contributed by atoms with Crippen LogP contribution in [0.5, 0.6) is 0 Å². The average Bonchev–Trinajstić information content (AvgIpc) is 3.29. The highest BCUT2D eigenvalue weighted by molar-refractivity contribution is 5.80. The number of nitrogens with one attached hydrogen (secondary N) is 1. The summed E-state index contributed by atoms with van der Waals surface area (Å²) in [6.07, 6.45) is 3.80. The minimum atomic E-state index is 0.762. The van der Waals surface area contributed by atoms with E-state index in [-0.39, 0.29) is 0 Å². The number of anilines is 1. The van der Waals surface area contributed by atoms with Crippen LogP contribution in [0.4, 0.5) is 5.69 Å². The van der Waals surface area contributed by atoms with Gasteiger partial charge in [0.1, 0.15) is 0 Å². The topological polar surface area (TPSA) is 48.7 Å². The van der Waals surface area contributed by atoms with E-state index in [4.69, 9.17) is 0 Å². The Balaban J connectivity index is 1.31. The molecule has 0 atom stereocenters. The van der Waals surface area contributed by atoms with E-state index in [1.165, 1.54) is 16.8 Å². The second-order valence-corrected chi connectivity index (χ2v) is 7.23. The monoisotopic (exact) mass is 388 g/mol. The Morgan fingerprint density at radius 2 is 1.76 bits per heavy atom. The average molecular weight is 389 g/mol. The smallest absolute Gasteiger partial charge is 0.194 e. The summed E-state index contributed by atoms with van der Waals surface area (Å²) in [5.41, 5.74) is 3.79. The van der Waals surface area contributed by atoms with Crippen LogP contribution in [0.3, 0.4) is 0 Å². The van der Waals surface area contributed by atoms with Crippen LogP contribution in [0.2, 0.25) is 0 Å². The van der Waals surface area contributed by atoms with Gasteiger partial charge in [0.05, 0.1) is 6.54 Å². The van der Waals surface area contributed by atoms with Gasteiger partial charge in [-0.25, -0.2) is 0 Å². The van der Waals surface area contributed by atoms with Crippen LogP contribution in [0, 0.1) is 0 Å². The van der Waals surface area contributed by atoms with Crippen molar-refractivity contribution in [2.45, 2.75) is 13.1 Å². The summed E-state index contributed by atoms with van der Waals surface area (Å²) in [5, 5.41) is 7.82. The lowest BCUT2D eigenvalue weighted by Crippen LogP contribution is -2.52. The van der Waals surface area contributed by atoms with Crippen LogP contribution in [-0.4, -0.2) is 53.9 Å². The Bertz CT molecular complexity index is 912. The van der Waals surface area contributed by atoms with Gasteiger partial charge in [0.15, 0.2) is 5.96 Å². The van der Waals surface area contributed by atoms with E-state index in [0.717, 1.165) is 45.2 Å². The molecule has 2 heterocycles. The van der Waals surface area contributed by atoms with Crippen LogP contribution in [0.1, 0.15) is 11.1 Å². The summed E-state index contributed by atoms with van der Waals surface area (Å²) in [6, 6.07) is 21.2. The standard InChI is InChI=1S/C23H28N6/c1-24-23(28-15-13-27(14-16-28)22-9-3-2-4-10-22)25-18-20-7-5-8-21(17-20)19-29-12-6-11-26-29/h2-12,17H,13-16,18-19H2,1H3,(H,24,25). The predicted molar refractivity (Wildman–Crippen MR) is 118 cm³/mol. The maximum atomic E-state index is 4.51. The number of piperazine rings is 1. The number of aromatic nitrogens is 2. The van der Waals surface area contributed by atoms with Gasteiger partial charge >= 0.3 is 0 Å². The fourth-order valence-electron chi connectivity index (χ4n) is 3.75. The van der Waals surface area contributed by atoms with E-state index in [0.29, 0.717) is 0 Å². The second kappa shape index (κ2) is 9.28. The van der Waals surface area contributed by atoms with Crippen molar-refractivity contribution in [2.75, 3.05) is 38.1 Å². The molecule has 0 aliphatic carbocycles. The first kappa shape index (κ1) is 19.1. The number of aliphatic imine (C=N–C) groups is 1. The summed E-state index contributed by atoms with van der Waals surface area (Å²) in [6.45, 7) is 5.49. The summed E-state index contributed by atoms with van der Waals surface area (Å²) < 4.78 is 1.94. The summed E-state index contributed by atoms with van der Waals surface area (Å²) >= 11 is 0. The lowest BCUT2D eigenvalue weighted by molar-refractivity contribution is 0.372. The quantitative estimate of drug-likeness (QED) is 0.539. The molecule has 1 aliphatic rings. The molecule has 0 bridgehead atoms. The molecule has 1 saturated heterocycles. The molecule has 29 heavy (non-hydrogen) atoms. The minimum absolute atomic E-state index is 0.762. The second-order valence-electron chi connectivity index (χ2n) is 7.23. The Hall–Kier alpha value is -3.28. The molecule has 1 N–H and O–H groups in total. The van der Waals surface area contributed by atoms with E-state index < -0.39 is 0 Å². The molecule has 6 nitrogen and oxygen atoms in total. The lowest BCUT2D eigenvalue weighted by atomic mass is 10.1. The minimum Gasteiger partial charge on any atom is -0.368 e. The van der Waals surface area contributed by atoms with Crippen molar-refractivity contribution in [3.63, 3.8) is 0 Å². The first-order valence-corrected chi connectivity index (χ1v) is 10.1. The first-order valence-electron chi connectivity index (χ1n) is 10.1. The van der Waals surface area contributed by atoms with Gasteiger partial charge in [0, 0.05) is 57.9 Å². The molecule has 0 unspecified atom stereocenters. The van der Waals surface area contributed by atoms with Crippen LogP contribution < -0.4 is 10.2 Å². The van der Waals surface area contributed by atoms with Gasteiger partial charge in [-0.15, -0.1) is 0 Å². The molecule has 150 valence electrons. The molecule has 3 aromatic rings. The third kappa shape index (κ3) is 4.96. The highest BCUT2D eigenvalue weighted by Gasteiger charge is 2.19.